The van der Waals surface area contributed by atoms with Crippen LogP contribution in [0.25, 0.3) is 0 Å². The zero-order valence-corrected chi connectivity index (χ0v) is 8.54. The molecule has 0 bridgehead atoms. The number of nitro groups is 1. The Morgan fingerprint density at radius 3 is 2.69 bits per heavy atom. The van der Waals surface area contributed by atoms with Crippen LogP contribution in [0.3, 0.4) is 0 Å². The van der Waals surface area contributed by atoms with Gasteiger partial charge < -0.3 is 5.11 Å². The molecule has 0 radical (unpaired) electrons. The second-order valence-electron chi connectivity index (χ2n) is 2.67. The summed E-state index contributed by atoms with van der Waals surface area (Å²) in [5.74, 6) is 0. The van der Waals surface area contributed by atoms with E-state index in [9.17, 15) is 10.1 Å². The van der Waals surface area contributed by atoms with E-state index in [1.807, 2.05) is 6.92 Å². The molecular weight excluding hydrogens is 238 g/mol. The molecule has 0 fully saturated rings. The molecule has 0 unspecified atom stereocenters. The van der Waals surface area contributed by atoms with E-state index >= 15 is 0 Å². The highest BCUT2D eigenvalue weighted by atomic mass is 79.9. The number of nitrogens with zero attached hydrogens (tertiary/aromatic N) is 1. The van der Waals surface area contributed by atoms with Crippen LogP contribution in [0.15, 0.2) is 16.6 Å². The van der Waals surface area contributed by atoms with Gasteiger partial charge in [0.15, 0.2) is 0 Å². The van der Waals surface area contributed by atoms with Crippen molar-refractivity contribution in [1.82, 2.24) is 0 Å². The first-order valence-electron chi connectivity index (χ1n) is 3.60. The third-order valence-corrected chi connectivity index (χ3v) is 2.24. The first-order chi connectivity index (χ1) is 6.06. The summed E-state index contributed by atoms with van der Waals surface area (Å²) in [5.41, 5.74) is 1.14. The molecule has 1 aromatic rings. The van der Waals surface area contributed by atoms with Crippen LogP contribution in [0.2, 0.25) is 0 Å². The predicted octanol–water partition coefficient (Wildman–Crippen LogP) is 2.16. The topological polar surface area (TPSA) is 63.4 Å². The van der Waals surface area contributed by atoms with Gasteiger partial charge in [0, 0.05) is 0 Å². The average molecular weight is 246 g/mol. The molecule has 5 heteroatoms. The van der Waals surface area contributed by atoms with Crippen molar-refractivity contribution in [3.8, 4) is 0 Å². The third kappa shape index (κ3) is 2.05. The van der Waals surface area contributed by atoms with Gasteiger partial charge in [-0.25, -0.2) is 0 Å². The van der Waals surface area contributed by atoms with E-state index < -0.39 is 4.92 Å². The summed E-state index contributed by atoms with van der Waals surface area (Å²) in [6, 6.07) is 3.25. The Hall–Kier alpha value is -0.940. The lowest BCUT2D eigenvalue weighted by Gasteiger charge is -2.02. The molecule has 0 spiro atoms. The van der Waals surface area contributed by atoms with Gasteiger partial charge >= 0.3 is 0 Å². The Balaban J connectivity index is 3.38. The standard InChI is InChI=1S/C8H8BrNO3/c1-5-2-6(4-11)8(10(12)13)7(9)3-5/h2-3,11H,4H2,1H3. The summed E-state index contributed by atoms with van der Waals surface area (Å²) in [6.45, 7) is 1.49. The summed E-state index contributed by atoms with van der Waals surface area (Å²) in [4.78, 5) is 10.1. The molecule has 0 aromatic heterocycles. The van der Waals surface area contributed by atoms with Crippen molar-refractivity contribution in [2.45, 2.75) is 13.5 Å². The summed E-state index contributed by atoms with van der Waals surface area (Å²) >= 11 is 3.09. The molecule has 0 saturated carbocycles. The van der Waals surface area contributed by atoms with Crippen LogP contribution in [0, 0.1) is 17.0 Å². The number of hydrogen-bond acceptors (Lipinski definition) is 3. The van der Waals surface area contributed by atoms with Gasteiger partial charge in [0.25, 0.3) is 5.69 Å². The normalized spacial score (nSPS) is 10.1. The van der Waals surface area contributed by atoms with Gasteiger partial charge in [0.05, 0.1) is 21.6 Å². The summed E-state index contributed by atoms with van der Waals surface area (Å²) in [6.07, 6.45) is 0. The first-order valence-corrected chi connectivity index (χ1v) is 4.40. The minimum atomic E-state index is -0.505. The van der Waals surface area contributed by atoms with E-state index in [2.05, 4.69) is 15.9 Å². The SMILES string of the molecule is Cc1cc(Br)c([N+](=O)[O-])c(CO)c1. The monoisotopic (exact) mass is 245 g/mol. The molecule has 0 saturated heterocycles. The average Bonchev–Trinajstić information content (AvgIpc) is 2.01. The van der Waals surface area contributed by atoms with E-state index in [0.29, 0.717) is 10.0 Å². The van der Waals surface area contributed by atoms with Crippen LogP contribution < -0.4 is 0 Å². The van der Waals surface area contributed by atoms with E-state index in [1.54, 1.807) is 12.1 Å². The maximum atomic E-state index is 10.6. The number of aliphatic hydroxyl groups is 1. The van der Waals surface area contributed by atoms with Gasteiger partial charge in [-0.3, -0.25) is 10.1 Å². The molecule has 0 heterocycles. The smallest absolute Gasteiger partial charge is 0.288 e. The van der Waals surface area contributed by atoms with Crippen molar-refractivity contribution in [3.05, 3.63) is 37.8 Å². The summed E-state index contributed by atoms with van der Waals surface area (Å²) in [7, 11) is 0. The highest BCUT2D eigenvalue weighted by Gasteiger charge is 2.17. The summed E-state index contributed by atoms with van der Waals surface area (Å²) < 4.78 is 0.404. The highest BCUT2D eigenvalue weighted by Crippen LogP contribution is 2.30. The molecule has 0 amide bonds. The minimum Gasteiger partial charge on any atom is -0.391 e. The molecule has 70 valence electrons. The van der Waals surface area contributed by atoms with Crippen LogP contribution >= 0.6 is 15.9 Å². The van der Waals surface area contributed by atoms with Crippen molar-refractivity contribution in [1.29, 1.82) is 0 Å². The lowest BCUT2D eigenvalue weighted by molar-refractivity contribution is -0.386. The fraction of sp³-hybridized carbons (Fsp3) is 0.250. The van der Waals surface area contributed by atoms with Crippen LogP contribution in [0.5, 0.6) is 0 Å². The number of rotatable bonds is 2. The van der Waals surface area contributed by atoms with Gasteiger partial charge in [-0.05, 0) is 40.5 Å². The Labute approximate surface area is 83.5 Å². The predicted molar refractivity (Wildman–Crippen MR) is 51.5 cm³/mol. The number of aryl methyl sites for hydroxylation is 1. The number of hydrogen-bond donors (Lipinski definition) is 1. The van der Waals surface area contributed by atoms with Gasteiger partial charge in [0.2, 0.25) is 0 Å². The lowest BCUT2D eigenvalue weighted by Crippen LogP contribution is -1.97. The molecule has 13 heavy (non-hydrogen) atoms. The van der Waals surface area contributed by atoms with E-state index in [4.69, 9.17) is 5.11 Å². The fourth-order valence-electron chi connectivity index (χ4n) is 1.13. The van der Waals surface area contributed by atoms with E-state index in [-0.39, 0.29) is 12.3 Å². The molecule has 0 aliphatic carbocycles. The zero-order valence-electron chi connectivity index (χ0n) is 6.95. The van der Waals surface area contributed by atoms with E-state index in [0.717, 1.165) is 5.56 Å². The van der Waals surface area contributed by atoms with Gasteiger partial charge in [-0.2, -0.15) is 0 Å². The second kappa shape index (κ2) is 3.85. The maximum absolute atomic E-state index is 10.6. The Kier molecular flexibility index (Phi) is 3.00. The van der Waals surface area contributed by atoms with Crippen LogP contribution in [0.1, 0.15) is 11.1 Å². The van der Waals surface area contributed by atoms with Crippen LogP contribution in [-0.4, -0.2) is 10.0 Å². The number of nitro benzene ring substituents is 1. The Morgan fingerprint density at radius 1 is 1.62 bits per heavy atom. The number of benzene rings is 1. The van der Waals surface area contributed by atoms with Crippen molar-refractivity contribution >= 4 is 21.6 Å². The number of aliphatic hydroxyl groups excluding tert-OH is 1. The van der Waals surface area contributed by atoms with Gasteiger partial charge in [-0.1, -0.05) is 0 Å². The van der Waals surface area contributed by atoms with Gasteiger partial charge in [0.1, 0.15) is 0 Å². The Morgan fingerprint density at radius 2 is 2.23 bits per heavy atom. The largest absolute Gasteiger partial charge is 0.391 e. The highest BCUT2D eigenvalue weighted by molar-refractivity contribution is 9.10. The van der Waals surface area contributed by atoms with E-state index in [1.165, 1.54) is 0 Å². The molecule has 1 rings (SSSR count). The van der Waals surface area contributed by atoms with Crippen molar-refractivity contribution in [2.75, 3.05) is 0 Å². The third-order valence-electron chi connectivity index (χ3n) is 1.64. The fourth-order valence-corrected chi connectivity index (χ4v) is 1.89. The maximum Gasteiger partial charge on any atom is 0.288 e. The minimum absolute atomic E-state index is 0.0619. The molecule has 0 atom stereocenters. The molecule has 1 aromatic carbocycles. The van der Waals surface area contributed by atoms with Crippen LogP contribution in [0.4, 0.5) is 5.69 Å². The van der Waals surface area contributed by atoms with Crippen molar-refractivity contribution in [3.63, 3.8) is 0 Å². The zero-order chi connectivity index (χ0) is 10.0. The first kappa shape index (κ1) is 10.1. The molecule has 0 aliphatic heterocycles. The summed E-state index contributed by atoms with van der Waals surface area (Å²) in [5, 5.41) is 19.5. The molecule has 1 N–H and O–H groups in total. The van der Waals surface area contributed by atoms with Crippen molar-refractivity contribution < 1.29 is 10.0 Å². The lowest BCUT2D eigenvalue weighted by atomic mass is 10.1. The molecular formula is C8H8BrNO3. The molecule has 0 aliphatic rings. The molecule has 4 nitrogen and oxygen atoms in total. The van der Waals surface area contributed by atoms with Crippen molar-refractivity contribution in [2.24, 2.45) is 0 Å². The number of halogens is 1. The van der Waals surface area contributed by atoms with Crippen LogP contribution in [-0.2, 0) is 6.61 Å². The second-order valence-corrected chi connectivity index (χ2v) is 3.52. The van der Waals surface area contributed by atoms with Gasteiger partial charge in [-0.15, -0.1) is 0 Å². The Bertz CT molecular complexity index is 351. The quantitative estimate of drug-likeness (QED) is 0.642.